The van der Waals surface area contributed by atoms with Crippen LogP contribution in [-0.2, 0) is 7.05 Å². The lowest BCUT2D eigenvalue weighted by atomic mass is 10.1. The summed E-state index contributed by atoms with van der Waals surface area (Å²) in [5.41, 5.74) is 0.868. The lowest BCUT2D eigenvalue weighted by molar-refractivity contribution is 0.0587. The number of aryl methyl sites for hydroxylation is 2. The van der Waals surface area contributed by atoms with Crippen LogP contribution < -0.4 is 5.32 Å². The minimum atomic E-state index is -0.0688. The van der Waals surface area contributed by atoms with Crippen molar-refractivity contribution < 1.29 is 9.21 Å². The molecule has 20 heavy (non-hydrogen) atoms. The van der Waals surface area contributed by atoms with Gasteiger partial charge in [0, 0.05) is 44.6 Å². The van der Waals surface area contributed by atoms with Crippen LogP contribution in [0.5, 0.6) is 0 Å². The van der Waals surface area contributed by atoms with Gasteiger partial charge in [0.1, 0.15) is 11.9 Å². The summed E-state index contributed by atoms with van der Waals surface area (Å²) in [5.74, 6) is 1.24. The third kappa shape index (κ3) is 2.12. The molecule has 3 rings (SSSR count). The van der Waals surface area contributed by atoms with E-state index in [2.05, 4.69) is 10.3 Å². The normalized spacial score (nSPS) is 19.3. The molecule has 1 aliphatic rings. The zero-order valence-electron chi connectivity index (χ0n) is 11.7. The third-order valence-corrected chi connectivity index (χ3v) is 3.72. The molecular weight excluding hydrogens is 256 g/mol. The number of amides is 1. The quantitative estimate of drug-likeness (QED) is 0.891. The van der Waals surface area contributed by atoms with Crippen LogP contribution in [0, 0.1) is 6.92 Å². The monoisotopic (exact) mass is 274 g/mol. The number of carbonyl (C=O) groups excluding carboxylic acids is 1. The average molecular weight is 274 g/mol. The van der Waals surface area contributed by atoms with Crippen LogP contribution >= 0.6 is 0 Å². The lowest BCUT2D eigenvalue weighted by Gasteiger charge is -2.35. The van der Waals surface area contributed by atoms with Gasteiger partial charge < -0.3 is 19.2 Å². The maximum Gasteiger partial charge on any atom is 0.290 e. The minimum Gasteiger partial charge on any atom is -0.459 e. The van der Waals surface area contributed by atoms with Crippen molar-refractivity contribution >= 4 is 5.91 Å². The lowest BCUT2D eigenvalue weighted by Crippen LogP contribution is -2.49. The highest BCUT2D eigenvalue weighted by Crippen LogP contribution is 2.24. The van der Waals surface area contributed by atoms with Crippen molar-refractivity contribution in [1.82, 2.24) is 19.8 Å². The molecule has 3 heterocycles. The van der Waals surface area contributed by atoms with Gasteiger partial charge in [0.2, 0.25) is 0 Å². The number of hydrogen-bond acceptors (Lipinski definition) is 4. The standard InChI is InChI=1S/C14H18N4O2/c1-10-3-8-20-12(10)14(19)18-7-4-15-9-11(18)13-16-5-6-17(13)2/h3,5-6,8,11,15H,4,7,9H2,1-2H3. The van der Waals surface area contributed by atoms with E-state index in [1.165, 1.54) is 0 Å². The SMILES string of the molecule is Cc1ccoc1C(=O)N1CCNCC1c1nccn1C. The predicted molar refractivity (Wildman–Crippen MR) is 73.3 cm³/mol. The smallest absolute Gasteiger partial charge is 0.290 e. The fraction of sp³-hybridized carbons (Fsp3) is 0.429. The van der Waals surface area contributed by atoms with Crippen molar-refractivity contribution in [3.05, 3.63) is 41.9 Å². The number of hydrogen-bond donors (Lipinski definition) is 1. The summed E-state index contributed by atoms with van der Waals surface area (Å²) in [6.07, 6.45) is 5.20. The van der Waals surface area contributed by atoms with Gasteiger partial charge in [0.25, 0.3) is 5.91 Å². The van der Waals surface area contributed by atoms with E-state index in [1.807, 2.05) is 35.7 Å². The summed E-state index contributed by atoms with van der Waals surface area (Å²) in [7, 11) is 1.94. The van der Waals surface area contributed by atoms with Gasteiger partial charge >= 0.3 is 0 Å². The zero-order valence-corrected chi connectivity index (χ0v) is 11.7. The van der Waals surface area contributed by atoms with Crippen molar-refractivity contribution in [2.24, 2.45) is 7.05 Å². The molecule has 0 saturated carbocycles. The Labute approximate surface area is 117 Å². The van der Waals surface area contributed by atoms with E-state index in [4.69, 9.17) is 4.42 Å². The van der Waals surface area contributed by atoms with Gasteiger partial charge in [-0.3, -0.25) is 4.79 Å². The van der Waals surface area contributed by atoms with Crippen molar-refractivity contribution in [2.45, 2.75) is 13.0 Å². The molecule has 1 aliphatic heterocycles. The summed E-state index contributed by atoms with van der Waals surface area (Å²) < 4.78 is 7.29. The fourth-order valence-corrected chi connectivity index (χ4v) is 2.60. The van der Waals surface area contributed by atoms with E-state index >= 15 is 0 Å². The summed E-state index contributed by atoms with van der Waals surface area (Å²) >= 11 is 0. The first-order valence-electron chi connectivity index (χ1n) is 6.71. The van der Waals surface area contributed by atoms with Gasteiger partial charge in [-0.15, -0.1) is 0 Å². The number of carbonyl (C=O) groups is 1. The summed E-state index contributed by atoms with van der Waals surface area (Å²) in [5, 5.41) is 3.32. The van der Waals surface area contributed by atoms with Crippen LogP contribution in [-0.4, -0.2) is 40.0 Å². The molecule has 6 nitrogen and oxygen atoms in total. The fourth-order valence-electron chi connectivity index (χ4n) is 2.60. The molecular formula is C14H18N4O2. The number of piperazine rings is 1. The molecule has 1 unspecified atom stereocenters. The summed E-state index contributed by atoms with van der Waals surface area (Å²) in [6.45, 7) is 4.02. The van der Waals surface area contributed by atoms with Crippen LogP contribution in [0.15, 0.2) is 29.1 Å². The number of rotatable bonds is 2. The molecule has 2 aromatic rings. The van der Waals surface area contributed by atoms with E-state index < -0.39 is 0 Å². The van der Waals surface area contributed by atoms with Crippen molar-refractivity contribution in [2.75, 3.05) is 19.6 Å². The summed E-state index contributed by atoms with van der Waals surface area (Å²) in [4.78, 5) is 18.9. The van der Waals surface area contributed by atoms with Crippen LogP contribution in [0.1, 0.15) is 28.0 Å². The Morgan fingerprint density at radius 2 is 2.40 bits per heavy atom. The first kappa shape index (κ1) is 12.9. The molecule has 1 saturated heterocycles. The van der Waals surface area contributed by atoms with Crippen LogP contribution in [0.25, 0.3) is 0 Å². The number of furan rings is 1. The zero-order chi connectivity index (χ0) is 14.1. The van der Waals surface area contributed by atoms with Crippen molar-refractivity contribution in [1.29, 1.82) is 0 Å². The van der Waals surface area contributed by atoms with Crippen LogP contribution in [0.3, 0.4) is 0 Å². The first-order chi connectivity index (χ1) is 9.68. The topological polar surface area (TPSA) is 63.3 Å². The Kier molecular flexibility index (Phi) is 3.31. The van der Waals surface area contributed by atoms with Crippen LogP contribution in [0.4, 0.5) is 0 Å². The van der Waals surface area contributed by atoms with Gasteiger partial charge in [0.15, 0.2) is 5.76 Å². The molecule has 0 aliphatic carbocycles. The maximum atomic E-state index is 12.7. The molecule has 0 radical (unpaired) electrons. The highest BCUT2D eigenvalue weighted by Gasteiger charge is 2.32. The third-order valence-electron chi connectivity index (χ3n) is 3.72. The number of nitrogens with zero attached hydrogens (tertiary/aromatic N) is 3. The van der Waals surface area contributed by atoms with Gasteiger partial charge in [-0.25, -0.2) is 4.98 Å². The molecule has 0 bridgehead atoms. The molecule has 0 spiro atoms. The van der Waals surface area contributed by atoms with Gasteiger partial charge in [0.05, 0.1) is 6.26 Å². The number of aromatic nitrogens is 2. The van der Waals surface area contributed by atoms with E-state index in [9.17, 15) is 4.79 Å². The average Bonchev–Trinajstić information content (AvgIpc) is 3.06. The molecule has 1 fully saturated rings. The second kappa shape index (κ2) is 5.13. The van der Waals surface area contributed by atoms with Gasteiger partial charge in [-0.05, 0) is 13.0 Å². The second-order valence-electron chi connectivity index (χ2n) is 5.05. The minimum absolute atomic E-state index is 0.0676. The van der Waals surface area contributed by atoms with Gasteiger partial charge in [-0.2, -0.15) is 0 Å². The molecule has 1 amide bonds. The Hall–Kier alpha value is -2.08. The van der Waals surface area contributed by atoms with Crippen molar-refractivity contribution in [3.8, 4) is 0 Å². The highest BCUT2D eigenvalue weighted by molar-refractivity contribution is 5.93. The van der Waals surface area contributed by atoms with Crippen LogP contribution in [0.2, 0.25) is 0 Å². The maximum absolute atomic E-state index is 12.7. The number of nitrogens with one attached hydrogen (secondary N) is 1. The Balaban J connectivity index is 1.92. The summed E-state index contributed by atoms with van der Waals surface area (Å²) in [6, 6.07) is 1.74. The van der Waals surface area contributed by atoms with E-state index in [0.29, 0.717) is 18.8 Å². The van der Waals surface area contributed by atoms with E-state index in [-0.39, 0.29) is 11.9 Å². The second-order valence-corrected chi connectivity index (χ2v) is 5.05. The van der Waals surface area contributed by atoms with E-state index in [0.717, 1.165) is 17.9 Å². The molecule has 1 atom stereocenters. The molecule has 2 aromatic heterocycles. The Morgan fingerprint density at radius 3 is 3.05 bits per heavy atom. The molecule has 1 N–H and O–H groups in total. The Morgan fingerprint density at radius 1 is 1.55 bits per heavy atom. The Bertz CT molecular complexity index is 616. The van der Waals surface area contributed by atoms with E-state index in [1.54, 1.807) is 12.5 Å². The number of imidazole rings is 1. The van der Waals surface area contributed by atoms with Gasteiger partial charge in [-0.1, -0.05) is 0 Å². The molecule has 106 valence electrons. The first-order valence-corrected chi connectivity index (χ1v) is 6.71. The predicted octanol–water partition coefficient (Wildman–Crippen LogP) is 1.11. The molecule has 0 aromatic carbocycles. The van der Waals surface area contributed by atoms with Crippen molar-refractivity contribution in [3.63, 3.8) is 0 Å². The highest BCUT2D eigenvalue weighted by atomic mass is 16.3. The molecule has 6 heteroatoms. The largest absolute Gasteiger partial charge is 0.459 e.